The summed E-state index contributed by atoms with van der Waals surface area (Å²) >= 11 is 13.4. The third-order valence-electron chi connectivity index (χ3n) is 4.82. The lowest BCUT2D eigenvalue weighted by Gasteiger charge is -2.09. The van der Waals surface area contributed by atoms with E-state index in [2.05, 4.69) is 27.2 Å². The Hall–Kier alpha value is -2.80. The summed E-state index contributed by atoms with van der Waals surface area (Å²) in [7, 11) is 0. The Labute approximate surface area is 200 Å². The zero-order chi connectivity index (χ0) is 22.5. The van der Waals surface area contributed by atoms with Gasteiger partial charge in [0.2, 0.25) is 0 Å². The first kappa shape index (κ1) is 22.4. The maximum absolute atomic E-state index is 12.4. The third kappa shape index (κ3) is 5.33. The van der Waals surface area contributed by atoms with E-state index in [4.69, 9.17) is 28.2 Å². The molecule has 0 bridgehead atoms. The molecule has 0 spiro atoms. The summed E-state index contributed by atoms with van der Waals surface area (Å²) in [6.07, 6.45) is 0. The molecule has 1 aromatic heterocycles. The maximum Gasteiger partial charge on any atom is 0.250 e. The molecule has 1 heterocycles. The number of hydrogen-bond donors (Lipinski definition) is 1. The minimum Gasteiger partial charge on any atom is -0.314 e. The molecule has 0 fully saturated rings. The zero-order valence-electron chi connectivity index (χ0n) is 17.3. The number of nitrogens with zero attached hydrogens (tertiary/aromatic N) is 3. The lowest BCUT2D eigenvalue weighted by molar-refractivity contribution is -0.118. The fraction of sp³-hybridized carbons (Fsp3) is 0.125. The van der Waals surface area contributed by atoms with E-state index in [0.717, 1.165) is 21.8 Å². The number of carbonyl (C=O) groups is 1. The van der Waals surface area contributed by atoms with E-state index >= 15 is 0 Å². The van der Waals surface area contributed by atoms with Gasteiger partial charge in [0.15, 0.2) is 5.16 Å². The van der Waals surface area contributed by atoms with Crippen LogP contribution in [-0.2, 0) is 11.3 Å². The number of benzene rings is 3. The Morgan fingerprint density at radius 2 is 1.78 bits per heavy atom. The minimum atomic E-state index is -0.215. The van der Waals surface area contributed by atoms with Crippen LogP contribution in [-0.4, -0.2) is 26.9 Å². The highest BCUT2D eigenvalue weighted by Crippen LogP contribution is 2.25. The maximum atomic E-state index is 12.4. The molecule has 32 heavy (non-hydrogen) atoms. The number of carbonyl (C=O) groups excluding carboxylic acids is 1. The zero-order valence-corrected chi connectivity index (χ0v) is 19.6. The number of hydrazone groups is 1. The van der Waals surface area contributed by atoms with Crippen molar-refractivity contribution in [2.45, 2.75) is 18.6 Å². The molecule has 0 aliphatic carbocycles. The number of imidazole rings is 1. The molecule has 0 unspecified atom stereocenters. The molecule has 3 aromatic carbocycles. The predicted molar refractivity (Wildman–Crippen MR) is 133 cm³/mol. The van der Waals surface area contributed by atoms with E-state index in [1.165, 1.54) is 17.3 Å². The van der Waals surface area contributed by atoms with E-state index < -0.39 is 0 Å². The minimum absolute atomic E-state index is 0.191. The van der Waals surface area contributed by atoms with Crippen LogP contribution in [0.5, 0.6) is 0 Å². The quantitative estimate of drug-likeness (QED) is 0.199. The SMILES string of the molecule is C/C(=N\NC(=O)CSc1nc2ccccc2n1Cc1ccccc1)c1ccc(Cl)c(Cl)c1. The van der Waals surface area contributed by atoms with Gasteiger partial charge < -0.3 is 4.57 Å². The van der Waals surface area contributed by atoms with Crippen molar-refractivity contribution in [2.75, 3.05) is 5.75 Å². The summed E-state index contributed by atoms with van der Waals surface area (Å²) in [5.41, 5.74) is 7.14. The van der Waals surface area contributed by atoms with Gasteiger partial charge in [-0.15, -0.1) is 0 Å². The largest absolute Gasteiger partial charge is 0.314 e. The predicted octanol–water partition coefficient (Wildman–Crippen LogP) is 6.02. The van der Waals surface area contributed by atoms with E-state index in [0.29, 0.717) is 22.3 Å². The Morgan fingerprint density at radius 1 is 1.03 bits per heavy atom. The molecule has 0 atom stereocenters. The second-order valence-corrected chi connectivity index (χ2v) is 8.86. The van der Waals surface area contributed by atoms with Crippen LogP contribution in [0.4, 0.5) is 0 Å². The van der Waals surface area contributed by atoms with E-state index in [-0.39, 0.29) is 11.7 Å². The van der Waals surface area contributed by atoms with Gasteiger partial charge in [0.25, 0.3) is 5.91 Å². The van der Waals surface area contributed by atoms with Gasteiger partial charge in [0.1, 0.15) is 0 Å². The molecule has 4 rings (SSSR count). The fourth-order valence-corrected chi connectivity index (χ4v) is 4.28. The van der Waals surface area contributed by atoms with Crippen LogP contribution in [0.15, 0.2) is 83.1 Å². The highest BCUT2D eigenvalue weighted by atomic mass is 35.5. The first-order valence-electron chi connectivity index (χ1n) is 9.92. The highest BCUT2D eigenvalue weighted by molar-refractivity contribution is 7.99. The van der Waals surface area contributed by atoms with Crippen molar-refractivity contribution in [3.05, 3.63) is 94.0 Å². The van der Waals surface area contributed by atoms with Gasteiger partial charge >= 0.3 is 0 Å². The van der Waals surface area contributed by atoms with Crippen molar-refractivity contribution in [2.24, 2.45) is 5.10 Å². The molecule has 0 aliphatic heterocycles. The van der Waals surface area contributed by atoms with Gasteiger partial charge in [0.05, 0.1) is 39.1 Å². The second kappa shape index (κ2) is 10.2. The standard InChI is InChI=1S/C24H20Cl2N4OS/c1-16(18-11-12-19(25)20(26)13-18)28-29-23(31)15-32-24-27-21-9-5-6-10-22(21)30(24)14-17-7-3-2-4-8-17/h2-13H,14-15H2,1H3,(H,29,31)/b28-16+. The lowest BCUT2D eigenvalue weighted by atomic mass is 10.1. The van der Waals surface area contributed by atoms with E-state index in [1.54, 1.807) is 25.1 Å². The smallest absolute Gasteiger partial charge is 0.250 e. The summed E-state index contributed by atoms with van der Waals surface area (Å²) in [6.45, 7) is 2.48. The number of fused-ring (bicyclic) bond motifs is 1. The summed E-state index contributed by atoms with van der Waals surface area (Å²) in [4.78, 5) is 17.2. The van der Waals surface area contributed by atoms with Gasteiger partial charge in [-0.3, -0.25) is 4.79 Å². The van der Waals surface area contributed by atoms with Crippen LogP contribution >= 0.6 is 35.0 Å². The molecule has 1 N–H and O–H groups in total. The molecule has 0 saturated carbocycles. The number of nitrogens with one attached hydrogen (secondary N) is 1. The van der Waals surface area contributed by atoms with E-state index in [9.17, 15) is 4.79 Å². The number of thioether (sulfide) groups is 1. The van der Waals surface area contributed by atoms with Gasteiger partial charge in [-0.1, -0.05) is 83.5 Å². The Balaban J connectivity index is 1.46. The van der Waals surface area contributed by atoms with Crippen molar-refractivity contribution < 1.29 is 4.79 Å². The number of aromatic nitrogens is 2. The van der Waals surface area contributed by atoms with Gasteiger partial charge in [0, 0.05) is 0 Å². The molecular weight excluding hydrogens is 463 g/mol. The van der Waals surface area contributed by atoms with Crippen LogP contribution in [0, 0.1) is 0 Å². The van der Waals surface area contributed by atoms with Gasteiger partial charge in [-0.25, -0.2) is 10.4 Å². The topological polar surface area (TPSA) is 59.3 Å². The van der Waals surface area contributed by atoms with Crippen molar-refractivity contribution in [1.82, 2.24) is 15.0 Å². The van der Waals surface area contributed by atoms with Crippen molar-refractivity contribution in [3.8, 4) is 0 Å². The van der Waals surface area contributed by atoms with Gasteiger partial charge in [-0.05, 0) is 42.3 Å². The first-order valence-corrected chi connectivity index (χ1v) is 11.7. The molecule has 1 amide bonds. The highest BCUT2D eigenvalue weighted by Gasteiger charge is 2.13. The van der Waals surface area contributed by atoms with E-state index in [1.807, 2.05) is 42.5 Å². The molecule has 5 nitrogen and oxygen atoms in total. The third-order valence-corrected chi connectivity index (χ3v) is 6.54. The average molecular weight is 483 g/mol. The number of hydrogen-bond acceptors (Lipinski definition) is 4. The molecule has 8 heteroatoms. The summed E-state index contributed by atoms with van der Waals surface area (Å²) < 4.78 is 2.13. The van der Waals surface area contributed by atoms with Crippen LogP contribution in [0.1, 0.15) is 18.1 Å². The monoisotopic (exact) mass is 482 g/mol. The van der Waals surface area contributed by atoms with Crippen LogP contribution < -0.4 is 5.43 Å². The van der Waals surface area contributed by atoms with Crippen molar-refractivity contribution in [3.63, 3.8) is 0 Å². The first-order chi connectivity index (χ1) is 15.5. The Kier molecular flexibility index (Phi) is 7.15. The van der Waals surface area contributed by atoms with Crippen molar-refractivity contribution in [1.29, 1.82) is 0 Å². The second-order valence-electron chi connectivity index (χ2n) is 7.10. The number of rotatable bonds is 7. The lowest BCUT2D eigenvalue weighted by Crippen LogP contribution is -2.21. The molecular formula is C24H20Cl2N4OS. The van der Waals surface area contributed by atoms with Crippen LogP contribution in [0.2, 0.25) is 10.0 Å². The Morgan fingerprint density at radius 3 is 2.56 bits per heavy atom. The summed E-state index contributed by atoms with van der Waals surface area (Å²) in [5, 5.41) is 5.89. The molecule has 4 aromatic rings. The molecule has 0 saturated heterocycles. The molecule has 162 valence electrons. The van der Waals surface area contributed by atoms with Crippen LogP contribution in [0.3, 0.4) is 0 Å². The number of amides is 1. The average Bonchev–Trinajstić information content (AvgIpc) is 3.16. The Bertz CT molecular complexity index is 1290. The normalized spacial score (nSPS) is 11.7. The number of halogens is 2. The van der Waals surface area contributed by atoms with Crippen molar-refractivity contribution >= 4 is 57.6 Å². The summed E-state index contributed by atoms with van der Waals surface area (Å²) in [5.74, 6) is -0.0243. The summed E-state index contributed by atoms with van der Waals surface area (Å²) in [6, 6.07) is 23.4. The van der Waals surface area contributed by atoms with Gasteiger partial charge in [-0.2, -0.15) is 5.10 Å². The molecule has 0 aliphatic rings. The molecule has 0 radical (unpaired) electrons. The fourth-order valence-electron chi connectivity index (χ4n) is 3.18. The van der Waals surface area contributed by atoms with Crippen LogP contribution in [0.25, 0.3) is 11.0 Å². The number of para-hydroxylation sites is 2.